The third-order valence-electron chi connectivity index (χ3n) is 3.63. The van der Waals surface area contributed by atoms with Crippen molar-refractivity contribution in [3.63, 3.8) is 0 Å². The zero-order valence-electron chi connectivity index (χ0n) is 14.5. The first-order chi connectivity index (χ1) is 11.6. The maximum Gasteiger partial charge on any atom is 0.251 e. The molecule has 0 saturated heterocycles. The van der Waals surface area contributed by atoms with Gasteiger partial charge in [0.2, 0.25) is 0 Å². The molecule has 0 radical (unpaired) electrons. The Labute approximate surface area is 143 Å². The lowest BCUT2D eigenvalue weighted by Crippen LogP contribution is -2.26. The maximum absolute atomic E-state index is 12.3. The fourth-order valence-electron chi connectivity index (χ4n) is 2.31. The van der Waals surface area contributed by atoms with Crippen molar-refractivity contribution in [3.05, 3.63) is 59.7 Å². The molecule has 0 heterocycles. The van der Waals surface area contributed by atoms with E-state index in [1.54, 1.807) is 12.1 Å². The predicted molar refractivity (Wildman–Crippen MR) is 95.7 cm³/mol. The van der Waals surface area contributed by atoms with Crippen LogP contribution in [0.25, 0.3) is 0 Å². The summed E-state index contributed by atoms with van der Waals surface area (Å²) in [4.78, 5) is 12.3. The number of carbonyl (C=O) groups excluding carboxylic acids is 1. The normalized spacial score (nSPS) is 11.6. The summed E-state index contributed by atoms with van der Waals surface area (Å²) in [5, 5.41) is 3.01. The number of hydrogen-bond donors (Lipinski definition) is 1. The Morgan fingerprint density at radius 1 is 0.958 bits per heavy atom. The van der Waals surface area contributed by atoms with Crippen LogP contribution in [-0.4, -0.2) is 19.1 Å². The summed E-state index contributed by atoms with van der Waals surface area (Å²) in [5.74, 6) is 1.52. The van der Waals surface area contributed by atoms with Crippen LogP contribution in [0.2, 0.25) is 0 Å². The molecule has 128 valence electrons. The van der Waals surface area contributed by atoms with E-state index in [0.29, 0.717) is 18.8 Å². The van der Waals surface area contributed by atoms with Crippen LogP contribution in [0.1, 0.15) is 49.2 Å². The molecule has 0 spiro atoms. The average Bonchev–Trinajstić information content (AvgIpc) is 2.61. The summed E-state index contributed by atoms with van der Waals surface area (Å²) in [6.07, 6.45) is 0.960. The Morgan fingerprint density at radius 2 is 1.54 bits per heavy atom. The Kier molecular flexibility index (Phi) is 6.67. The van der Waals surface area contributed by atoms with Gasteiger partial charge in [0.25, 0.3) is 5.91 Å². The van der Waals surface area contributed by atoms with Gasteiger partial charge in [-0.05, 0) is 62.2 Å². The fourth-order valence-corrected chi connectivity index (χ4v) is 2.31. The first-order valence-electron chi connectivity index (χ1n) is 8.40. The molecule has 0 aliphatic heterocycles. The Balaban J connectivity index is 1.95. The third-order valence-corrected chi connectivity index (χ3v) is 3.63. The molecule has 1 atom stereocenters. The van der Waals surface area contributed by atoms with E-state index >= 15 is 0 Å². The molecule has 2 aromatic rings. The number of benzene rings is 2. The summed E-state index contributed by atoms with van der Waals surface area (Å²) in [6.45, 7) is 7.30. The van der Waals surface area contributed by atoms with E-state index in [4.69, 9.17) is 9.47 Å². The molecule has 2 aromatic carbocycles. The second-order valence-corrected chi connectivity index (χ2v) is 5.57. The number of rotatable bonds is 8. The first-order valence-corrected chi connectivity index (χ1v) is 8.40. The molecule has 4 heteroatoms. The summed E-state index contributed by atoms with van der Waals surface area (Å²) >= 11 is 0. The van der Waals surface area contributed by atoms with Crippen LogP contribution in [0.3, 0.4) is 0 Å². The van der Waals surface area contributed by atoms with Crippen molar-refractivity contribution >= 4 is 5.91 Å². The van der Waals surface area contributed by atoms with Gasteiger partial charge in [-0.3, -0.25) is 4.79 Å². The number of nitrogens with one attached hydrogen (secondary N) is 1. The van der Waals surface area contributed by atoms with Crippen LogP contribution in [0.4, 0.5) is 0 Å². The standard InChI is InChI=1S/C20H25NO3/c1-4-14-24-19-12-8-17(9-13-19)20(22)21-15(3)16-6-10-18(11-7-16)23-5-2/h6-13,15H,4-5,14H2,1-3H3,(H,21,22). The monoisotopic (exact) mass is 327 g/mol. The lowest BCUT2D eigenvalue weighted by molar-refractivity contribution is 0.0940. The summed E-state index contributed by atoms with van der Waals surface area (Å²) < 4.78 is 11.0. The minimum Gasteiger partial charge on any atom is -0.494 e. The van der Waals surface area contributed by atoms with E-state index in [1.165, 1.54) is 0 Å². The lowest BCUT2D eigenvalue weighted by Gasteiger charge is -2.15. The average molecular weight is 327 g/mol. The summed E-state index contributed by atoms with van der Waals surface area (Å²) in [7, 11) is 0. The molecule has 2 rings (SSSR count). The molecule has 1 N–H and O–H groups in total. The van der Waals surface area contributed by atoms with Crippen LogP contribution in [0, 0.1) is 0 Å². The third kappa shape index (κ3) is 5.01. The largest absolute Gasteiger partial charge is 0.494 e. The van der Waals surface area contributed by atoms with Crippen molar-refractivity contribution < 1.29 is 14.3 Å². The topological polar surface area (TPSA) is 47.6 Å². The van der Waals surface area contributed by atoms with E-state index in [2.05, 4.69) is 12.2 Å². The van der Waals surface area contributed by atoms with Crippen molar-refractivity contribution in [2.24, 2.45) is 0 Å². The van der Waals surface area contributed by atoms with Gasteiger partial charge in [-0.15, -0.1) is 0 Å². The van der Waals surface area contributed by atoms with Crippen LogP contribution in [0.15, 0.2) is 48.5 Å². The van der Waals surface area contributed by atoms with E-state index in [-0.39, 0.29) is 11.9 Å². The highest BCUT2D eigenvalue weighted by Crippen LogP contribution is 2.19. The van der Waals surface area contributed by atoms with Crippen molar-refractivity contribution in [2.45, 2.75) is 33.2 Å². The molecule has 0 bridgehead atoms. The Bertz CT molecular complexity index is 635. The van der Waals surface area contributed by atoms with Gasteiger partial charge >= 0.3 is 0 Å². The Hall–Kier alpha value is -2.49. The van der Waals surface area contributed by atoms with Crippen molar-refractivity contribution in [2.75, 3.05) is 13.2 Å². The maximum atomic E-state index is 12.3. The number of hydrogen-bond acceptors (Lipinski definition) is 3. The van der Waals surface area contributed by atoms with Gasteiger partial charge in [0.1, 0.15) is 11.5 Å². The Morgan fingerprint density at radius 3 is 2.12 bits per heavy atom. The molecule has 0 saturated carbocycles. The van der Waals surface area contributed by atoms with Crippen LogP contribution >= 0.6 is 0 Å². The fraction of sp³-hybridized carbons (Fsp3) is 0.350. The lowest BCUT2D eigenvalue weighted by atomic mass is 10.1. The van der Waals surface area contributed by atoms with Crippen molar-refractivity contribution in [1.82, 2.24) is 5.32 Å². The second-order valence-electron chi connectivity index (χ2n) is 5.57. The molecule has 0 aromatic heterocycles. The molecule has 4 nitrogen and oxygen atoms in total. The number of amides is 1. The minimum absolute atomic E-state index is 0.0794. The van der Waals surface area contributed by atoms with E-state index < -0.39 is 0 Å². The van der Waals surface area contributed by atoms with Gasteiger partial charge in [0.15, 0.2) is 0 Å². The molecular weight excluding hydrogens is 302 g/mol. The predicted octanol–water partition coefficient (Wildman–Crippen LogP) is 4.37. The SMILES string of the molecule is CCCOc1ccc(C(=O)NC(C)c2ccc(OCC)cc2)cc1. The van der Waals surface area contributed by atoms with Gasteiger partial charge in [0.05, 0.1) is 19.3 Å². The molecule has 0 aliphatic carbocycles. The molecule has 0 aliphatic rings. The first kappa shape index (κ1) is 17.9. The van der Waals surface area contributed by atoms with Gasteiger partial charge < -0.3 is 14.8 Å². The van der Waals surface area contributed by atoms with Crippen LogP contribution in [-0.2, 0) is 0 Å². The van der Waals surface area contributed by atoms with Crippen molar-refractivity contribution in [1.29, 1.82) is 0 Å². The summed E-state index contributed by atoms with van der Waals surface area (Å²) in [5.41, 5.74) is 1.66. The second kappa shape index (κ2) is 8.96. The van der Waals surface area contributed by atoms with Gasteiger partial charge in [-0.2, -0.15) is 0 Å². The molecular formula is C20H25NO3. The van der Waals surface area contributed by atoms with Crippen molar-refractivity contribution in [3.8, 4) is 11.5 Å². The minimum atomic E-state index is -0.0987. The van der Waals surface area contributed by atoms with Gasteiger partial charge in [0, 0.05) is 5.56 Å². The molecule has 24 heavy (non-hydrogen) atoms. The van der Waals surface area contributed by atoms with E-state index in [9.17, 15) is 4.79 Å². The van der Waals surface area contributed by atoms with E-state index in [1.807, 2.05) is 50.2 Å². The van der Waals surface area contributed by atoms with E-state index in [0.717, 1.165) is 23.5 Å². The van der Waals surface area contributed by atoms with Gasteiger partial charge in [-0.1, -0.05) is 19.1 Å². The quantitative estimate of drug-likeness (QED) is 0.783. The van der Waals surface area contributed by atoms with Gasteiger partial charge in [-0.25, -0.2) is 0 Å². The zero-order valence-corrected chi connectivity index (χ0v) is 14.5. The van der Waals surface area contributed by atoms with Crippen LogP contribution < -0.4 is 14.8 Å². The summed E-state index contributed by atoms with van der Waals surface area (Å²) in [6, 6.07) is 14.9. The molecule has 1 amide bonds. The smallest absolute Gasteiger partial charge is 0.251 e. The highest BCUT2D eigenvalue weighted by atomic mass is 16.5. The highest BCUT2D eigenvalue weighted by molar-refractivity contribution is 5.94. The van der Waals surface area contributed by atoms with Crippen LogP contribution in [0.5, 0.6) is 11.5 Å². The molecule has 0 fully saturated rings. The highest BCUT2D eigenvalue weighted by Gasteiger charge is 2.11. The zero-order chi connectivity index (χ0) is 17.4. The number of carbonyl (C=O) groups is 1. The molecule has 1 unspecified atom stereocenters. The number of ether oxygens (including phenoxy) is 2.